The van der Waals surface area contributed by atoms with Crippen molar-refractivity contribution in [3.8, 4) is 11.3 Å². The van der Waals surface area contributed by atoms with Crippen molar-refractivity contribution < 1.29 is 13.9 Å². The minimum Gasteiger partial charge on any atom is -0.388 e. The molecule has 0 amide bonds. The van der Waals surface area contributed by atoms with E-state index >= 15 is 0 Å². The maximum atomic E-state index is 13.1. The molecule has 0 aliphatic heterocycles. The van der Waals surface area contributed by atoms with E-state index in [4.69, 9.17) is 5.73 Å². The normalized spacial score (nSPS) is 17.7. The average molecular weight is 382 g/mol. The first-order valence-electron chi connectivity index (χ1n) is 9.01. The highest BCUT2D eigenvalue weighted by Crippen LogP contribution is 2.48. The summed E-state index contributed by atoms with van der Waals surface area (Å²) >= 11 is 0. The lowest BCUT2D eigenvalue weighted by atomic mass is 9.75. The van der Waals surface area contributed by atoms with E-state index in [1.807, 2.05) is 24.3 Å². The van der Waals surface area contributed by atoms with E-state index in [1.54, 1.807) is 31.6 Å². The molecular formula is C21H20F2N4O. The van der Waals surface area contributed by atoms with Gasteiger partial charge in [-0.1, -0.05) is 12.1 Å². The van der Waals surface area contributed by atoms with Crippen LogP contribution < -0.4 is 5.73 Å². The monoisotopic (exact) mass is 382 g/mol. The van der Waals surface area contributed by atoms with Crippen molar-refractivity contribution in [1.82, 2.24) is 9.97 Å². The molecule has 0 spiro atoms. The highest BCUT2D eigenvalue weighted by atomic mass is 19.3. The summed E-state index contributed by atoms with van der Waals surface area (Å²) in [6.45, 7) is 0. The number of nitrogens with zero attached hydrogens (tertiary/aromatic N) is 3. The Kier molecular flexibility index (Phi) is 4.55. The van der Waals surface area contributed by atoms with Crippen molar-refractivity contribution in [2.24, 2.45) is 10.9 Å². The Morgan fingerprint density at radius 1 is 1.25 bits per heavy atom. The van der Waals surface area contributed by atoms with Crippen molar-refractivity contribution in [3.05, 3.63) is 53.7 Å². The van der Waals surface area contributed by atoms with Gasteiger partial charge in [-0.3, -0.25) is 4.99 Å². The van der Waals surface area contributed by atoms with Crippen LogP contribution in [0.4, 0.5) is 14.6 Å². The van der Waals surface area contributed by atoms with Crippen LogP contribution >= 0.6 is 0 Å². The average Bonchev–Trinajstić information content (AvgIpc) is 2.66. The Morgan fingerprint density at radius 3 is 2.75 bits per heavy atom. The van der Waals surface area contributed by atoms with E-state index in [-0.39, 0.29) is 12.8 Å². The van der Waals surface area contributed by atoms with E-state index in [1.165, 1.54) is 0 Å². The van der Waals surface area contributed by atoms with Crippen LogP contribution in [0.3, 0.4) is 0 Å². The molecule has 1 unspecified atom stereocenters. The molecule has 1 aliphatic rings. The van der Waals surface area contributed by atoms with Crippen molar-refractivity contribution in [3.63, 3.8) is 0 Å². The Bertz CT molecular complexity index is 1060. The molecule has 144 valence electrons. The number of hydrogen-bond donors (Lipinski definition) is 2. The molecule has 0 bridgehead atoms. The van der Waals surface area contributed by atoms with Crippen molar-refractivity contribution in [1.29, 1.82) is 0 Å². The number of nitrogens with two attached hydrogens (primary N) is 1. The molecule has 1 saturated carbocycles. The second-order valence-electron chi connectivity index (χ2n) is 7.20. The first-order chi connectivity index (χ1) is 13.4. The molecule has 1 fully saturated rings. The van der Waals surface area contributed by atoms with Gasteiger partial charge in [0.25, 0.3) is 0 Å². The topological polar surface area (TPSA) is 84.4 Å². The smallest absolute Gasteiger partial charge is 0.248 e. The summed E-state index contributed by atoms with van der Waals surface area (Å²) in [5.74, 6) is -2.65. The number of rotatable bonds is 4. The van der Waals surface area contributed by atoms with E-state index in [9.17, 15) is 13.9 Å². The van der Waals surface area contributed by atoms with Gasteiger partial charge in [0.1, 0.15) is 5.82 Å². The number of pyridine rings is 2. The summed E-state index contributed by atoms with van der Waals surface area (Å²) in [5.41, 5.74) is 9.50. The molecule has 0 saturated heterocycles. The lowest BCUT2D eigenvalue weighted by Crippen LogP contribution is -2.38. The third-order valence-corrected chi connectivity index (χ3v) is 5.14. The Morgan fingerprint density at radius 2 is 2.04 bits per heavy atom. The quantitative estimate of drug-likeness (QED) is 0.668. The van der Waals surface area contributed by atoms with Crippen LogP contribution in [0.15, 0.2) is 47.6 Å². The molecule has 7 heteroatoms. The Labute approximate surface area is 161 Å². The van der Waals surface area contributed by atoms with Gasteiger partial charge in [0.05, 0.1) is 17.3 Å². The molecule has 1 atom stereocenters. The molecule has 3 aromatic rings. The molecule has 28 heavy (non-hydrogen) atoms. The van der Waals surface area contributed by atoms with Crippen LogP contribution in [0, 0.1) is 5.92 Å². The number of alkyl halides is 2. The summed E-state index contributed by atoms with van der Waals surface area (Å²) in [7, 11) is 1.66. The van der Waals surface area contributed by atoms with Gasteiger partial charge in [-0.2, -0.15) is 0 Å². The highest BCUT2D eigenvalue weighted by Gasteiger charge is 2.48. The van der Waals surface area contributed by atoms with Crippen molar-refractivity contribution in [2.45, 2.75) is 24.9 Å². The lowest BCUT2D eigenvalue weighted by Gasteiger charge is -2.38. The van der Waals surface area contributed by atoms with Crippen LogP contribution in [0.2, 0.25) is 0 Å². The number of aliphatic hydroxyl groups excluding tert-OH is 1. The van der Waals surface area contributed by atoms with Gasteiger partial charge in [0.2, 0.25) is 5.92 Å². The van der Waals surface area contributed by atoms with Gasteiger partial charge in [-0.15, -0.1) is 0 Å². The molecule has 2 aromatic heterocycles. The second-order valence-corrected chi connectivity index (χ2v) is 7.20. The number of nitrogen functional groups attached to an aromatic ring is 1. The third kappa shape index (κ3) is 3.45. The first-order valence-corrected chi connectivity index (χ1v) is 9.01. The molecule has 3 N–H and O–H groups in total. The SMILES string of the molecule is CN=Cc1cc(-c2ccc3cc(C(O)C4CC(F)(F)C4)ccc3n2)cnc1N. The van der Waals surface area contributed by atoms with Crippen molar-refractivity contribution >= 4 is 22.9 Å². The molecule has 4 rings (SSSR count). The predicted octanol–water partition coefficient (Wildman–Crippen LogP) is 4.01. The van der Waals surface area contributed by atoms with E-state index < -0.39 is 17.9 Å². The number of halogens is 2. The zero-order valence-corrected chi connectivity index (χ0v) is 15.3. The highest BCUT2D eigenvalue weighted by molar-refractivity contribution is 5.88. The summed E-state index contributed by atoms with van der Waals surface area (Å²) in [6.07, 6.45) is 1.88. The van der Waals surface area contributed by atoms with Crippen molar-refractivity contribution in [2.75, 3.05) is 12.8 Å². The first kappa shape index (κ1) is 18.4. The zero-order chi connectivity index (χ0) is 19.9. The Balaban J connectivity index is 1.63. The van der Waals surface area contributed by atoms with Crippen LogP contribution in [-0.2, 0) is 0 Å². The largest absolute Gasteiger partial charge is 0.388 e. The van der Waals surface area contributed by atoms with Crippen LogP contribution in [0.5, 0.6) is 0 Å². The molecule has 2 heterocycles. The maximum absolute atomic E-state index is 13.1. The van der Waals surface area contributed by atoms with Gasteiger partial charge < -0.3 is 10.8 Å². The number of anilines is 1. The summed E-state index contributed by atoms with van der Waals surface area (Å²) < 4.78 is 26.2. The number of aliphatic hydroxyl groups is 1. The minimum absolute atomic E-state index is 0.267. The van der Waals surface area contributed by atoms with Gasteiger partial charge >= 0.3 is 0 Å². The zero-order valence-electron chi connectivity index (χ0n) is 15.3. The summed E-state index contributed by atoms with van der Waals surface area (Å²) in [6, 6.07) is 11.0. The number of aromatic nitrogens is 2. The molecule has 5 nitrogen and oxygen atoms in total. The fourth-order valence-corrected chi connectivity index (χ4v) is 3.57. The number of hydrogen-bond acceptors (Lipinski definition) is 5. The van der Waals surface area contributed by atoms with Gasteiger partial charge in [-0.05, 0) is 29.8 Å². The number of benzene rings is 1. The number of fused-ring (bicyclic) bond motifs is 1. The predicted molar refractivity (Wildman–Crippen MR) is 106 cm³/mol. The summed E-state index contributed by atoms with van der Waals surface area (Å²) in [5, 5.41) is 11.2. The molecule has 1 aromatic carbocycles. The number of aliphatic imine (C=N–C) groups is 1. The standard InChI is InChI=1S/C21H20F2N4O/c1-25-10-15-7-14(11-26-20(15)24)18-4-2-12-6-13(3-5-17(12)27-18)19(28)16-8-21(22,23)9-16/h2-7,10-11,16,19,28H,8-9H2,1H3,(H2,24,26). The molecule has 1 aliphatic carbocycles. The maximum Gasteiger partial charge on any atom is 0.248 e. The van der Waals surface area contributed by atoms with E-state index in [0.29, 0.717) is 11.4 Å². The van der Waals surface area contributed by atoms with E-state index in [0.717, 1.165) is 27.7 Å². The third-order valence-electron chi connectivity index (χ3n) is 5.14. The van der Waals surface area contributed by atoms with E-state index in [2.05, 4.69) is 15.0 Å². The molecule has 0 radical (unpaired) electrons. The Hall–Kier alpha value is -2.93. The van der Waals surface area contributed by atoms with Gasteiger partial charge in [0, 0.05) is 54.7 Å². The fraction of sp³-hybridized carbons (Fsp3) is 0.286. The molecular weight excluding hydrogens is 362 g/mol. The van der Waals surface area contributed by atoms with Gasteiger partial charge in [0.15, 0.2) is 0 Å². The van der Waals surface area contributed by atoms with Crippen LogP contribution in [-0.4, -0.2) is 34.3 Å². The minimum atomic E-state index is -2.65. The summed E-state index contributed by atoms with van der Waals surface area (Å²) in [4.78, 5) is 12.8. The van der Waals surface area contributed by atoms with Crippen LogP contribution in [0.25, 0.3) is 22.2 Å². The fourth-order valence-electron chi connectivity index (χ4n) is 3.57. The second kappa shape index (κ2) is 6.91. The van der Waals surface area contributed by atoms with Crippen LogP contribution in [0.1, 0.15) is 30.1 Å². The lowest BCUT2D eigenvalue weighted by molar-refractivity contribution is -0.142. The van der Waals surface area contributed by atoms with Gasteiger partial charge in [-0.25, -0.2) is 18.7 Å².